The fourth-order valence-corrected chi connectivity index (χ4v) is 1.88. The number of aromatic nitrogens is 1. The number of nitrogens with zero attached hydrogens (tertiary/aromatic N) is 1. The standard InChI is InChI=1S/C11H12N2S.BrH/c1-8-3-5-10(6-4-8)13-11-12-9(2)7-14-11;/h3-7H,1-2H3,(H,12,13);1H. The van der Waals surface area contributed by atoms with Crippen LogP contribution in [0.3, 0.4) is 0 Å². The van der Waals surface area contributed by atoms with Gasteiger partial charge in [-0.2, -0.15) is 0 Å². The fourth-order valence-electron chi connectivity index (χ4n) is 1.17. The molecule has 1 N–H and O–H groups in total. The number of hydrogen-bond donors (Lipinski definition) is 1. The molecule has 0 saturated heterocycles. The molecule has 0 aliphatic carbocycles. The molecule has 1 heterocycles. The van der Waals surface area contributed by atoms with E-state index in [4.69, 9.17) is 0 Å². The van der Waals surface area contributed by atoms with Gasteiger partial charge in [0.25, 0.3) is 0 Å². The van der Waals surface area contributed by atoms with E-state index in [1.165, 1.54) is 5.56 Å². The number of benzene rings is 1. The van der Waals surface area contributed by atoms with Gasteiger partial charge in [0.2, 0.25) is 0 Å². The van der Waals surface area contributed by atoms with Gasteiger partial charge in [0.15, 0.2) is 5.13 Å². The number of halogens is 1. The predicted molar refractivity (Wildman–Crippen MR) is 71.6 cm³/mol. The van der Waals surface area contributed by atoms with Gasteiger partial charge in [-0.25, -0.2) is 4.98 Å². The molecule has 0 unspecified atom stereocenters. The number of anilines is 2. The molecular weight excluding hydrogens is 272 g/mol. The second kappa shape index (κ2) is 5.28. The average Bonchev–Trinajstić information content (AvgIpc) is 2.56. The van der Waals surface area contributed by atoms with Crippen LogP contribution in [0.2, 0.25) is 0 Å². The summed E-state index contributed by atoms with van der Waals surface area (Å²) in [6, 6.07) is 8.30. The van der Waals surface area contributed by atoms with Gasteiger partial charge >= 0.3 is 0 Å². The zero-order valence-electron chi connectivity index (χ0n) is 8.65. The van der Waals surface area contributed by atoms with Gasteiger partial charge in [-0.1, -0.05) is 17.7 Å². The van der Waals surface area contributed by atoms with Crippen molar-refractivity contribution in [3.63, 3.8) is 0 Å². The van der Waals surface area contributed by atoms with Crippen LogP contribution in [0.15, 0.2) is 29.6 Å². The zero-order chi connectivity index (χ0) is 9.97. The summed E-state index contributed by atoms with van der Waals surface area (Å²) < 4.78 is 0. The van der Waals surface area contributed by atoms with Crippen LogP contribution >= 0.6 is 28.3 Å². The molecule has 80 valence electrons. The molecule has 0 amide bonds. The van der Waals surface area contributed by atoms with E-state index in [-0.39, 0.29) is 17.0 Å². The van der Waals surface area contributed by atoms with Gasteiger partial charge in [-0.05, 0) is 26.0 Å². The smallest absolute Gasteiger partial charge is 0.187 e. The molecule has 1 aromatic heterocycles. The third-order valence-electron chi connectivity index (χ3n) is 1.92. The Hall–Kier alpha value is -0.870. The number of aryl methyl sites for hydroxylation is 2. The lowest BCUT2D eigenvalue weighted by molar-refractivity contribution is 1.26. The van der Waals surface area contributed by atoms with E-state index >= 15 is 0 Å². The maximum atomic E-state index is 4.34. The van der Waals surface area contributed by atoms with Crippen LogP contribution < -0.4 is 5.32 Å². The summed E-state index contributed by atoms with van der Waals surface area (Å²) in [6.45, 7) is 4.08. The summed E-state index contributed by atoms with van der Waals surface area (Å²) in [6.07, 6.45) is 0. The second-order valence-electron chi connectivity index (χ2n) is 3.29. The number of hydrogen-bond acceptors (Lipinski definition) is 3. The number of rotatable bonds is 2. The lowest BCUT2D eigenvalue weighted by atomic mass is 10.2. The first-order valence-corrected chi connectivity index (χ1v) is 5.38. The normalized spacial score (nSPS) is 9.47. The van der Waals surface area contributed by atoms with Gasteiger partial charge in [-0.3, -0.25) is 0 Å². The highest BCUT2D eigenvalue weighted by Crippen LogP contribution is 2.20. The van der Waals surface area contributed by atoms with Crippen molar-refractivity contribution in [1.82, 2.24) is 4.98 Å². The monoisotopic (exact) mass is 284 g/mol. The number of thiazole rings is 1. The molecule has 4 heteroatoms. The Kier molecular flexibility index (Phi) is 4.29. The molecule has 0 atom stereocenters. The number of nitrogens with one attached hydrogen (secondary N) is 1. The van der Waals surface area contributed by atoms with Crippen molar-refractivity contribution in [1.29, 1.82) is 0 Å². The first kappa shape index (κ1) is 12.2. The lowest BCUT2D eigenvalue weighted by Crippen LogP contribution is -1.88. The van der Waals surface area contributed by atoms with Crippen LogP contribution in [0.1, 0.15) is 11.3 Å². The first-order valence-electron chi connectivity index (χ1n) is 4.50. The van der Waals surface area contributed by atoms with Crippen molar-refractivity contribution in [3.05, 3.63) is 40.9 Å². The van der Waals surface area contributed by atoms with E-state index in [2.05, 4.69) is 41.5 Å². The Morgan fingerprint density at radius 1 is 1.13 bits per heavy atom. The average molecular weight is 285 g/mol. The third-order valence-corrected chi connectivity index (χ3v) is 2.80. The highest BCUT2D eigenvalue weighted by molar-refractivity contribution is 8.93. The summed E-state index contributed by atoms with van der Waals surface area (Å²) >= 11 is 1.63. The minimum atomic E-state index is 0. The molecule has 2 nitrogen and oxygen atoms in total. The topological polar surface area (TPSA) is 24.9 Å². The Morgan fingerprint density at radius 3 is 2.33 bits per heavy atom. The molecular formula is C11H13BrN2S. The molecule has 0 fully saturated rings. The van der Waals surface area contributed by atoms with Gasteiger partial charge in [0.05, 0.1) is 5.69 Å². The van der Waals surface area contributed by atoms with Gasteiger partial charge < -0.3 is 5.32 Å². The molecule has 0 aliphatic rings. The highest BCUT2D eigenvalue weighted by atomic mass is 79.9. The van der Waals surface area contributed by atoms with E-state index < -0.39 is 0 Å². The molecule has 15 heavy (non-hydrogen) atoms. The molecule has 0 saturated carbocycles. The highest BCUT2D eigenvalue weighted by Gasteiger charge is 1.97. The minimum Gasteiger partial charge on any atom is -0.332 e. The quantitative estimate of drug-likeness (QED) is 0.899. The van der Waals surface area contributed by atoms with E-state index in [0.717, 1.165) is 16.5 Å². The van der Waals surface area contributed by atoms with Crippen LogP contribution in [0.5, 0.6) is 0 Å². The van der Waals surface area contributed by atoms with Crippen molar-refractivity contribution in [2.75, 3.05) is 5.32 Å². The second-order valence-corrected chi connectivity index (χ2v) is 4.14. The molecule has 0 bridgehead atoms. The summed E-state index contributed by atoms with van der Waals surface area (Å²) in [7, 11) is 0. The molecule has 0 spiro atoms. The Morgan fingerprint density at radius 2 is 1.80 bits per heavy atom. The summed E-state index contributed by atoms with van der Waals surface area (Å²) in [5, 5.41) is 6.25. The van der Waals surface area contributed by atoms with E-state index in [1.54, 1.807) is 11.3 Å². The minimum absolute atomic E-state index is 0. The van der Waals surface area contributed by atoms with Gasteiger partial charge in [0.1, 0.15) is 0 Å². The molecule has 0 radical (unpaired) electrons. The first-order chi connectivity index (χ1) is 6.74. The van der Waals surface area contributed by atoms with Crippen LogP contribution in [0.4, 0.5) is 10.8 Å². The van der Waals surface area contributed by atoms with E-state index in [9.17, 15) is 0 Å². The van der Waals surface area contributed by atoms with Gasteiger partial charge in [0, 0.05) is 11.1 Å². The molecule has 1 aromatic carbocycles. The van der Waals surface area contributed by atoms with Crippen LogP contribution in [0.25, 0.3) is 0 Å². The van der Waals surface area contributed by atoms with Crippen molar-refractivity contribution in [2.24, 2.45) is 0 Å². The molecule has 2 rings (SSSR count). The van der Waals surface area contributed by atoms with Gasteiger partial charge in [-0.15, -0.1) is 28.3 Å². The Balaban J connectivity index is 0.00000112. The van der Waals surface area contributed by atoms with Crippen molar-refractivity contribution in [2.45, 2.75) is 13.8 Å². The summed E-state index contributed by atoms with van der Waals surface area (Å²) in [4.78, 5) is 4.34. The molecule has 0 aliphatic heterocycles. The van der Waals surface area contributed by atoms with Crippen LogP contribution in [0, 0.1) is 13.8 Å². The summed E-state index contributed by atoms with van der Waals surface area (Å²) in [5.74, 6) is 0. The van der Waals surface area contributed by atoms with Crippen LogP contribution in [-0.4, -0.2) is 4.98 Å². The van der Waals surface area contributed by atoms with Crippen LogP contribution in [-0.2, 0) is 0 Å². The maximum absolute atomic E-state index is 4.34. The SMILES string of the molecule is Br.Cc1ccc(Nc2nc(C)cs2)cc1. The van der Waals surface area contributed by atoms with E-state index in [1.807, 2.05) is 12.3 Å². The zero-order valence-corrected chi connectivity index (χ0v) is 11.2. The fraction of sp³-hybridized carbons (Fsp3) is 0.182. The van der Waals surface area contributed by atoms with Crippen molar-refractivity contribution in [3.8, 4) is 0 Å². The molecule has 2 aromatic rings. The van der Waals surface area contributed by atoms with Crippen molar-refractivity contribution >= 4 is 39.1 Å². The largest absolute Gasteiger partial charge is 0.332 e. The third kappa shape index (κ3) is 3.32. The summed E-state index contributed by atoms with van der Waals surface area (Å²) in [5.41, 5.74) is 3.42. The van der Waals surface area contributed by atoms with E-state index in [0.29, 0.717) is 0 Å². The predicted octanol–water partition coefficient (Wildman–Crippen LogP) is 4.08. The maximum Gasteiger partial charge on any atom is 0.187 e. The van der Waals surface area contributed by atoms with Crippen molar-refractivity contribution < 1.29 is 0 Å². The Bertz CT molecular complexity index is 422. The Labute approximate surface area is 104 Å². The lowest BCUT2D eigenvalue weighted by Gasteiger charge is -2.01.